The zero-order valence-electron chi connectivity index (χ0n) is 13.6. The Morgan fingerprint density at radius 2 is 2.00 bits per heavy atom. The molecule has 0 saturated carbocycles. The van der Waals surface area contributed by atoms with Crippen molar-refractivity contribution in [1.29, 1.82) is 0 Å². The summed E-state index contributed by atoms with van der Waals surface area (Å²) in [6.07, 6.45) is 3.65. The van der Waals surface area contributed by atoms with Crippen LogP contribution in [0.2, 0.25) is 0 Å². The quantitative estimate of drug-likeness (QED) is 0.466. The van der Waals surface area contributed by atoms with Gasteiger partial charge in [-0.05, 0) is 23.8 Å². The normalized spacial score (nSPS) is 16.5. The summed E-state index contributed by atoms with van der Waals surface area (Å²) in [6, 6.07) is 7.17. The van der Waals surface area contributed by atoms with Crippen LogP contribution < -0.4 is 0 Å². The number of hydrogen-bond acceptors (Lipinski definition) is 5. The van der Waals surface area contributed by atoms with Crippen LogP contribution in [0.5, 0.6) is 0 Å². The lowest BCUT2D eigenvalue weighted by molar-refractivity contribution is -0.140. The van der Waals surface area contributed by atoms with Crippen molar-refractivity contribution in [2.75, 3.05) is 12.8 Å². The van der Waals surface area contributed by atoms with Gasteiger partial charge in [-0.1, -0.05) is 23.9 Å². The maximum atomic E-state index is 13.0. The molecule has 2 aromatic rings. The van der Waals surface area contributed by atoms with E-state index in [2.05, 4.69) is 9.97 Å². The standard InChI is InChI=1S/C17H17FN4O2S/c1-21(10-12-3-5-13(18)6-4-12)17(24)22-14(9-15(22)23)11-25-16-19-7-2-8-20-16/h2-8,14H,9-11H2,1H3/t14-/m1/s1. The molecule has 8 heteroatoms. The number of nitrogens with zero attached hydrogens (tertiary/aromatic N) is 4. The molecule has 1 aliphatic heterocycles. The molecule has 0 unspecified atom stereocenters. The van der Waals surface area contributed by atoms with E-state index in [9.17, 15) is 14.0 Å². The highest BCUT2D eigenvalue weighted by molar-refractivity contribution is 7.99. The summed E-state index contributed by atoms with van der Waals surface area (Å²) in [5.41, 5.74) is 0.800. The van der Waals surface area contributed by atoms with Gasteiger partial charge in [0.25, 0.3) is 0 Å². The number of amides is 3. The van der Waals surface area contributed by atoms with Crippen LogP contribution in [0.15, 0.2) is 47.9 Å². The molecule has 2 heterocycles. The van der Waals surface area contributed by atoms with Crippen molar-refractivity contribution in [3.8, 4) is 0 Å². The number of thioether (sulfide) groups is 1. The third kappa shape index (κ3) is 4.14. The number of hydrogen-bond donors (Lipinski definition) is 0. The van der Waals surface area contributed by atoms with Gasteiger partial charge in [0.2, 0.25) is 5.91 Å². The summed E-state index contributed by atoms with van der Waals surface area (Å²) in [6.45, 7) is 0.310. The second-order valence-electron chi connectivity index (χ2n) is 5.73. The van der Waals surface area contributed by atoms with Crippen LogP contribution in [0.4, 0.5) is 9.18 Å². The van der Waals surface area contributed by atoms with Gasteiger partial charge in [-0.15, -0.1) is 0 Å². The van der Waals surface area contributed by atoms with Crippen LogP contribution in [0.3, 0.4) is 0 Å². The molecule has 1 aliphatic rings. The number of β-lactam (4-membered cyclic amide) rings is 1. The minimum atomic E-state index is -0.347. The van der Waals surface area contributed by atoms with Gasteiger partial charge in [0.05, 0.1) is 6.04 Å². The number of benzene rings is 1. The fourth-order valence-corrected chi connectivity index (χ4v) is 3.40. The minimum Gasteiger partial charge on any atom is -0.323 e. The molecule has 1 saturated heterocycles. The topological polar surface area (TPSA) is 66.4 Å². The smallest absolute Gasteiger partial charge is 0.323 e. The summed E-state index contributed by atoms with van der Waals surface area (Å²) < 4.78 is 13.0. The largest absolute Gasteiger partial charge is 0.327 e. The SMILES string of the molecule is CN(Cc1ccc(F)cc1)C(=O)N1C(=O)C[C@@H]1CSc1ncccn1. The minimum absolute atomic E-state index is 0.163. The average Bonchev–Trinajstić information content (AvgIpc) is 2.61. The summed E-state index contributed by atoms with van der Waals surface area (Å²) in [5, 5.41) is 0.619. The number of aromatic nitrogens is 2. The van der Waals surface area contributed by atoms with E-state index >= 15 is 0 Å². The molecule has 1 aromatic carbocycles. The van der Waals surface area contributed by atoms with E-state index in [0.717, 1.165) is 5.56 Å². The van der Waals surface area contributed by atoms with Crippen molar-refractivity contribution in [3.05, 3.63) is 54.1 Å². The van der Waals surface area contributed by atoms with Crippen LogP contribution >= 0.6 is 11.8 Å². The first kappa shape index (κ1) is 17.3. The van der Waals surface area contributed by atoms with Gasteiger partial charge in [-0.3, -0.25) is 9.69 Å². The van der Waals surface area contributed by atoms with Gasteiger partial charge >= 0.3 is 6.03 Å². The summed E-state index contributed by atoms with van der Waals surface area (Å²) in [5.74, 6) is 0.0534. The van der Waals surface area contributed by atoms with Gasteiger partial charge in [-0.25, -0.2) is 19.2 Å². The number of likely N-dealkylation sites (tertiary alicyclic amines) is 1. The van der Waals surface area contributed by atoms with E-state index in [1.54, 1.807) is 37.6 Å². The predicted molar refractivity (Wildman–Crippen MR) is 91.3 cm³/mol. The first-order valence-corrected chi connectivity index (χ1v) is 8.74. The van der Waals surface area contributed by atoms with Crippen molar-refractivity contribution < 1.29 is 14.0 Å². The molecule has 0 N–H and O–H groups in total. The Morgan fingerprint density at radius 3 is 2.64 bits per heavy atom. The lowest BCUT2D eigenvalue weighted by Gasteiger charge is -2.40. The molecule has 25 heavy (non-hydrogen) atoms. The monoisotopic (exact) mass is 360 g/mol. The molecule has 0 spiro atoms. The first-order chi connectivity index (χ1) is 12.0. The summed E-state index contributed by atoms with van der Waals surface area (Å²) >= 11 is 1.42. The van der Waals surface area contributed by atoms with E-state index in [0.29, 0.717) is 23.9 Å². The molecular formula is C17H17FN4O2S. The second-order valence-corrected chi connectivity index (χ2v) is 6.72. The van der Waals surface area contributed by atoms with Crippen molar-refractivity contribution in [1.82, 2.24) is 19.8 Å². The fraction of sp³-hybridized carbons (Fsp3) is 0.294. The molecule has 1 atom stereocenters. The van der Waals surface area contributed by atoms with Gasteiger partial charge < -0.3 is 4.90 Å². The molecule has 1 aromatic heterocycles. The van der Waals surface area contributed by atoms with Crippen LogP contribution in [0.1, 0.15) is 12.0 Å². The van der Waals surface area contributed by atoms with Crippen molar-refractivity contribution in [3.63, 3.8) is 0 Å². The zero-order chi connectivity index (χ0) is 17.8. The molecule has 3 rings (SSSR count). The number of carbonyl (C=O) groups is 2. The highest BCUT2D eigenvalue weighted by Gasteiger charge is 2.42. The van der Waals surface area contributed by atoms with Crippen LogP contribution in [-0.4, -0.2) is 50.5 Å². The maximum absolute atomic E-state index is 13.0. The van der Waals surface area contributed by atoms with Crippen molar-refractivity contribution in [2.45, 2.75) is 24.2 Å². The predicted octanol–water partition coefficient (Wildman–Crippen LogP) is 2.56. The third-order valence-electron chi connectivity index (χ3n) is 3.86. The number of urea groups is 1. The number of carbonyl (C=O) groups excluding carboxylic acids is 2. The summed E-state index contributed by atoms with van der Waals surface area (Å²) in [7, 11) is 1.63. The maximum Gasteiger partial charge on any atom is 0.327 e. The van der Waals surface area contributed by atoms with E-state index in [4.69, 9.17) is 0 Å². The van der Waals surface area contributed by atoms with Crippen molar-refractivity contribution in [2.24, 2.45) is 0 Å². The molecule has 130 valence electrons. The number of rotatable bonds is 5. The molecule has 6 nitrogen and oxygen atoms in total. The molecule has 0 aliphatic carbocycles. The zero-order valence-corrected chi connectivity index (χ0v) is 14.4. The van der Waals surface area contributed by atoms with E-state index < -0.39 is 0 Å². The Morgan fingerprint density at radius 1 is 1.32 bits per heavy atom. The Balaban J connectivity index is 1.57. The Kier molecular flexibility index (Phi) is 5.28. The molecule has 1 fully saturated rings. The Bertz CT molecular complexity index is 757. The average molecular weight is 360 g/mol. The second kappa shape index (κ2) is 7.60. The first-order valence-electron chi connectivity index (χ1n) is 7.76. The molecular weight excluding hydrogens is 343 g/mol. The molecule has 3 amide bonds. The lowest BCUT2D eigenvalue weighted by atomic mass is 10.1. The van der Waals surface area contributed by atoms with Crippen LogP contribution in [0.25, 0.3) is 0 Å². The Labute approximate surface area is 149 Å². The van der Waals surface area contributed by atoms with Gasteiger partial charge in [0.1, 0.15) is 5.82 Å². The number of imide groups is 1. The van der Waals surface area contributed by atoms with Gasteiger partial charge in [0.15, 0.2) is 5.16 Å². The summed E-state index contributed by atoms with van der Waals surface area (Å²) in [4.78, 5) is 35.4. The van der Waals surface area contributed by atoms with Gasteiger partial charge in [-0.2, -0.15) is 0 Å². The van der Waals surface area contributed by atoms with Crippen molar-refractivity contribution >= 4 is 23.7 Å². The molecule has 0 radical (unpaired) electrons. The Hall–Kier alpha value is -2.48. The van der Waals surface area contributed by atoms with Gasteiger partial charge in [0, 0.05) is 38.2 Å². The fourth-order valence-electron chi connectivity index (χ4n) is 2.52. The third-order valence-corrected chi connectivity index (χ3v) is 4.88. The highest BCUT2D eigenvalue weighted by Crippen LogP contribution is 2.26. The van der Waals surface area contributed by atoms with Crippen LogP contribution in [0, 0.1) is 5.82 Å². The van der Waals surface area contributed by atoms with E-state index in [-0.39, 0.29) is 23.8 Å². The van der Waals surface area contributed by atoms with E-state index in [1.165, 1.54) is 33.7 Å². The van der Waals surface area contributed by atoms with E-state index in [1.807, 2.05) is 0 Å². The molecule has 0 bridgehead atoms. The number of halogens is 1. The van der Waals surface area contributed by atoms with Crippen LogP contribution in [-0.2, 0) is 11.3 Å². The lowest BCUT2D eigenvalue weighted by Crippen LogP contribution is -2.59. The highest BCUT2D eigenvalue weighted by atomic mass is 32.2.